The van der Waals surface area contributed by atoms with Crippen molar-refractivity contribution in [1.29, 1.82) is 0 Å². The normalized spacial score (nSPS) is 14.9. The van der Waals surface area contributed by atoms with Crippen LogP contribution in [0.3, 0.4) is 0 Å². The molecule has 7 heteroatoms. The molecule has 7 nitrogen and oxygen atoms in total. The van der Waals surface area contributed by atoms with Crippen LogP contribution in [0.15, 0.2) is 34.9 Å². The highest BCUT2D eigenvalue weighted by molar-refractivity contribution is 5.79. The van der Waals surface area contributed by atoms with E-state index < -0.39 is 0 Å². The molecule has 1 aliphatic heterocycles. The minimum Gasteiger partial charge on any atom is -0.497 e. The molecule has 1 aromatic heterocycles. The van der Waals surface area contributed by atoms with Crippen molar-refractivity contribution in [3.05, 3.63) is 36.0 Å². The Balaban J connectivity index is 1.57. The molecule has 0 aliphatic carbocycles. The Bertz CT molecular complexity index is 760. The molecule has 1 fully saturated rings. The number of carbonyl (C=O) groups is 2. The summed E-state index contributed by atoms with van der Waals surface area (Å²) in [7, 11) is 3.01. The molecule has 0 bridgehead atoms. The number of nitrogens with zero attached hydrogens (tertiary/aromatic N) is 2. The summed E-state index contributed by atoms with van der Waals surface area (Å²) in [4.78, 5) is 25.8. The van der Waals surface area contributed by atoms with Crippen molar-refractivity contribution >= 4 is 11.9 Å². The number of rotatable bonds is 5. The van der Waals surface area contributed by atoms with Gasteiger partial charge in [-0.25, -0.2) is 0 Å². The van der Waals surface area contributed by atoms with Crippen LogP contribution in [0, 0.1) is 5.92 Å². The summed E-state index contributed by atoms with van der Waals surface area (Å²) >= 11 is 0. The maximum atomic E-state index is 12.5. The zero-order valence-corrected chi connectivity index (χ0v) is 14.9. The fourth-order valence-electron chi connectivity index (χ4n) is 3.08. The molecule has 1 aliphatic rings. The Morgan fingerprint density at radius 2 is 1.88 bits per heavy atom. The smallest absolute Gasteiger partial charge is 0.308 e. The van der Waals surface area contributed by atoms with Crippen LogP contribution < -0.4 is 4.74 Å². The molecular formula is C19H22N2O5. The van der Waals surface area contributed by atoms with Gasteiger partial charge in [0.1, 0.15) is 5.75 Å². The molecule has 26 heavy (non-hydrogen) atoms. The van der Waals surface area contributed by atoms with E-state index in [1.54, 1.807) is 18.1 Å². The molecule has 3 rings (SSSR count). The maximum absolute atomic E-state index is 12.5. The van der Waals surface area contributed by atoms with E-state index in [0.717, 1.165) is 11.3 Å². The third kappa shape index (κ3) is 4.04. The number of methoxy groups -OCH3 is 2. The van der Waals surface area contributed by atoms with Crippen molar-refractivity contribution in [2.45, 2.75) is 19.3 Å². The van der Waals surface area contributed by atoms with E-state index in [4.69, 9.17) is 14.0 Å². The highest BCUT2D eigenvalue weighted by atomic mass is 16.5. The van der Waals surface area contributed by atoms with Crippen molar-refractivity contribution in [2.75, 3.05) is 27.3 Å². The minimum atomic E-state index is -0.197. The monoisotopic (exact) mass is 358 g/mol. The summed E-state index contributed by atoms with van der Waals surface area (Å²) in [6.07, 6.45) is 1.45. The number of esters is 1. The summed E-state index contributed by atoms with van der Waals surface area (Å²) in [6, 6.07) is 9.22. The quantitative estimate of drug-likeness (QED) is 0.763. The van der Waals surface area contributed by atoms with Crippen LogP contribution in [-0.2, 0) is 20.7 Å². The van der Waals surface area contributed by atoms with Gasteiger partial charge in [0.15, 0.2) is 5.76 Å². The molecular weight excluding hydrogens is 336 g/mol. The average molecular weight is 358 g/mol. The fraction of sp³-hybridized carbons (Fsp3) is 0.421. The molecule has 0 saturated carbocycles. The molecule has 0 radical (unpaired) electrons. The molecule has 2 aromatic rings. The van der Waals surface area contributed by atoms with Gasteiger partial charge in [-0.05, 0) is 37.1 Å². The van der Waals surface area contributed by atoms with E-state index in [9.17, 15) is 9.59 Å². The number of likely N-dealkylation sites (tertiary alicyclic amines) is 1. The number of ether oxygens (including phenoxy) is 2. The van der Waals surface area contributed by atoms with Crippen LogP contribution >= 0.6 is 0 Å². The van der Waals surface area contributed by atoms with Crippen LogP contribution in [0.4, 0.5) is 0 Å². The predicted molar refractivity (Wildman–Crippen MR) is 93.5 cm³/mol. The molecule has 0 spiro atoms. The zero-order valence-electron chi connectivity index (χ0n) is 14.9. The van der Waals surface area contributed by atoms with Crippen molar-refractivity contribution in [3.63, 3.8) is 0 Å². The van der Waals surface area contributed by atoms with Gasteiger partial charge in [0.25, 0.3) is 0 Å². The molecule has 2 heterocycles. The number of benzene rings is 1. The number of aromatic nitrogens is 1. The predicted octanol–water partition coefficient (Wildman–Crippen LogP) is 2.30. The Kier molecular flexibility index (Phi) is 5.55. The first-order chi connectivity index (χ1) is 12.6. The third-order valence-electron chi connectivity index (χ3n) is 4.65. The second kappa shape index (κ2) is 8.03. The van der Waals surface area contributed by atoms with E-state index in [0.29, 0.717) is 37.4 Å². The number of amides is 1. The van der Waals surface area contributed by atoms with E-state index in [2.05, 4.69) is 5.16 Å². The summed E-state index contributed by atoms with van der Waals surface area (Å²) in [6.45, 7) is 1.11. The van der Waals surface area contributed by atoms with Crippen molar-refractivity contribution in [3.8, 4) is 17.1 Å². The standard InChI is InChI=1S/C19H22N2O5/c1-24-16-5-3-13(4-6-16)17-11-15(20-26-17)12-18(22)21-9-7-14(8-10-21)19(23)25-2/h3-6,11,14H,7-10,12H2,1-2H3. The van der Waals surface area contributed by atoms with Gasteiger partial charge in [0.2, 0.25) is 5.91 Å². The Hall–Kier alpha value is -2.83. The van der Waals surface area contributed by atoms with Gasteiger partial charge in [-0.2, -0.15) is 0 Å². The highest BCUT2D eigenvalue weighted by Crippen LogP contribution is 2.24. The second-order valence-corrected chi connectivity index (χ2v) is 6.27. The van der Waals surface area contributed by atoms with Gasteiger partial charge in [-0.15, -0.1) is 0 Å². The first kappa shape index (κ1) is 18.0. The summed E-state index contributed by atoms with van der Waals surface area (Å²) in [5.41, 5.74) is 1.46. The number of carbonyl (C=O) groups excluding carboxylic acids is 2. The lowest BCUT2D eigenvalue weighted by atomic mass is 9.97. The third-order valence-corrected chi connectivity index (χ3v) is 4.65. The van der Waals surface area contributed by atoms with Crippen LogP contribution in [0.25, 0.3) is 11.3 Å². The number of hydrogen-bond donors (Lipinski definition) is 0. The molecule has 0 N–H and O–H groups in total. The molecule has 1 aromatic carbocycles. The van der Waals surface area contributed by atoms with E-state index in [1.807, 2.05) is 24.3 Å². The van der Waals surface area contributed by atoms with Gasteiger partial charge in [0.05, 0.1) is 32.3 Å². The van der Waals surface area contributed by atoms with Gasteiger partial charge >= 0.3 is 5.97 Å². The topological polar surface area (TPSA) is 81.9 Å². The van der Waals surface area contributed by atoms with Crippen molar-refractivity contribution in [2.24, 2.45) is 5.92 Å². The highest BCUT2D eigenvalue weighted by Gasteiger charge is 2.28. The van der Waals surface area contributed by atoms with Gasteiger partial charge in [-0.1, -0.05) is 5.16 Å². The number of hydrogen-bond acceptors (Lipinski definition) is 6. The van der Waals surface area contributed by atoms with Gasteiger partial charge in [0, 0.05) is 24.7 Å². The molecule has 0 atom stereocenters. The first-order valence-corrected chi connectivity index (χ1v) is 8.56. The lowest BCUT2D eigenvalue weighted by molar-refractivity contribution is -0.148. The number of piperidine rings is 1. The Morgan fingerprint density at radius 3 is 2.50 bits per heavy atom. The summed E-state index contributed by atoms with van der Waals surface area (Å²) < 4.78 is 15.3. The summed E-state index contributed by atoms with van der Waals surface area (Å²) in [5, 5.41) is 4.00. The molecule has 1 amide bonds. The van der Waals surface area contributed by atoms with Crippen LogP contribution in [-0.4, -0.2) is 49.2 Å². The lowest BCUT2D eigenvalue weighted by Crippen LogP contribution is -2.41. The lowest BCUT2D eigenvalue weighted by Gasteiger charge is -2.30. The van der Waals surface area contributed by atoms with Crippen molar-refractivity contribution in [1.82, 2.24) is 10.1 Å². The fourth-order valence-corrected chi connectivity index (χ4v) is 3.08. The summed E-state index contributed by atoms with van der Waals surface area (Å²) in [5.74, 6) is 1.05. The Labute approximate surface area is 151 Å². The first-order valence-electron chi connectivity index (χ1n) is 8.56. The Morgan fingerprint density at radius 1 is 1.19 bits per heavy atom. The van der Waals surface area contributed by atoms with Crippen LogP contribution in [0.1, 0.15) is 18.5 Å². The van der Waals surface area contributed by atoms with E-state index in [-0.39, 0.29) is 24.2 Å². The van der Waals surface area contributed by atoms with Crippen LogP contribution in [0.2, 0.25) is 0 Å². The SMILES string of the molecule is COC(=O)C1CCN(C(=O)Cc2cc(-c3ccc(OC)cc3)on2)CC1. The molecule has 0 unspecified atom stereocenters. The van der Waals surface area contributed by atoms with Gasteiger partial charge < -0.3 is 18.9 Å². The van der Waals surface area contributed by atoms with E-state index in [1.165, 1.54) is 7.11 Å². The molecule has 138 valence electrons. The molecule has 1 saturated heterocycles. The van der Waals surface area contributed by atoms with Crippen LogP contribution in [0.5, 0.6) is 5.75 Å². The largest absolute Gasteiger partial charge is 0.497 e. The zero-order chi connectivity index (χ0) is 18.5. The van der Waals surface area contributed by atoms with E-state index >= 15 is 0 Å². The minimum absolute atomic E-state index is 0.0112. The second-order valence-electron chi connectivity index (χ2n) is 6.27. The van der Waals surface area contributed by atoms with Gasteiger partial charge in [-0.3, -0.25) is 9.59 Å². The maximum Gasteiger partial charge on any atom is 0.308 e. The average Bonchev–Trinajstić information content (AvgIpc) is 3.16. The van der Waals surface area contributed by atoms with Crippen molar-refractivity contribution < 1.29 is 23.6 Å².